The summed E-state index contributed by atoms with van der Waals surface area (Å²) >= 11 is 12.6. The largest absolute Gasteiger partial charge is 0.480 e. The van der Waals surface area contributed by atoms with Gasteiger partial charge in [-0.2, -0.15) is 13.2 Å². The highest BCUT2D eigenvalue weighted by atomic mass is 35.5. The van der Waals surface area contributed by atoms with Crippen LogP contribution >= 0.6 is 34.5 Å². The Kier molecular flexibility index (Phi) is 7.40. The van der Waals surface area contributed by atoms with Crippen LogP contribution in [0.4, 0.5) is 18.9 Å². The van der Waals surface area contributed by atoms with E-state index in [1.54, 1.807) is 6.92 Å². The topological polar surface area (TPSA) is 106 Å². The summed E-state index contributed by atoms with van der Waals surface area (Å²) in [6, 6.07) is 2.40. The highest BCUT2D eigenvalue weighted by molar-refractivity contribution is 7.13. The standard InChI is InChI=1S/C19H14Cl2F3N5O3S/c1-8(28-16(31)14-13(21)17(32-2)27-7-26-14)18-25-6-12(33-18)15(30)29-9-3-4-11(20)10(5-9)19(22,23)24/h3-8H,1-2H3,(H,28,31)(H,29,30)/t8-/m1/s1. The average Bonchev–Trinajstić information content (AvgIpc) is 3.25. The maximum atomic E-state index is 13.0. The van der Waals surface area contributed by atoms with Crippen LogP contribution in [0.25, 0.3) is 0 Å². The Labute approximate surface area is 199 Å². The van der Waals surface area contributed by atoms with Crippen LogP contribution in [0, 0.1) is 0 Å². The van der Waals surface area contributed by atoms with Gasteiger partial charge >= 0.3 is 6.18 Å². The van der Waals surface area contributed by atoms with Gasteiger partial charge in [0.05, 0.1) is 29.9 Å². The van der Waals surface area contributed by atoms with Crippen molar-refractivity contribution < 1.29 is 27.5 Å². The minimum absolute atomic E-state index is 0.0357. The molecule has 2 aromatic heterocycles. The van der Waals surface area contributed by atoms with E-state index < -0.39 is 34.6 Å². The number of thiazole rings is 1. The van der Waals surface area contributed by atoms with E-state index in [2.05, 4.69) is 25.6 Å². The molecule has 0 aliphatic heterocycles. The molecule has 0 spiro atoms. The van der Waals surface area contributed by atoms with Gasteiger partial charge in [0.15, 0.2) is 5.69 Å². The van der Waals surface area contributed by atoms with Gasteiger partial charge in [0.2, 0.25) is 5.88 Å². The van der Waals surface area contributed by atoms with E-state index in [9.17, 15) is 22.8 Å². The number of amides is 2. The molecule has 2 N–H and O–H groups in total. The number of aromatic nitrogens is 3. The molecule has 33 heavy (non-hydrogen) atoms. The molecule has 0 saturated carbocycles. The predicted molar refractivity (Wildman–Crippen MR) is 116 cm³/mol. The number of anilines is 1. The second-order valence-corrected chi connectivity index (χ2v) is 8.30. The summed E-state index contributed by atoms with van der Waals surface area (Å²) in [6.45, 7) is 1.62. The number of carbonyl (C=O) groups is 2. The van der Waals surface area contributed by atoms with E-state index in [0.29, 0.717) is 5.01 Å². The van der Waals surface area contributed by atoms with Crippen molar-refractivity contribution in [3.05, 3.63) is 61.9 Å². The van der Waals surface area contributed by atoms with Crippen molar-refractivity contribution in [1.82, 2.24) is 20.3 Å². The van der Waals surface area contributed by atoms with E-state index in [4.69, 9.17) is 27.9 Å². The number of alkyl halides is 3. The molecule has 0 aliphatic rings. The number of nitrogens with one attached hydrogen (secondary N) is 2. The Hall–Kier alpha value is -2.96. The van der Waals surface area contributed by atoms with Gasteiger partial charge in [0.1, 0.15) is 21.2 Å². The van der Waals surface area contributed by atoms with E-state index in [-0.39, 0.29) is 27.2 Å². The molecule has 0 aliphatic carbocycles. The van der Waals surface area contributed by atoms with Crippen molar-refractivity contribution in [2.45, 2.75) is 19.1 Å². The quantitative estimate of drug-likeness (QED) is 0.474. The van der Waals surface area contributed by atoms with Gasteiger partial charge in [0, 0.05) is 5.69 Å². The smallest absolute Gasteiger partial charge is 0.417 e. The maximum absolute atomic E-state index is 13.0. The molecular formula is C19H14Cl2F3N5O3S. The summed E-state index contributed by atoms with van der Waals surface area (Å²) in [4.78, 5) is 36.8. The van der Waals surface area contributed by atoms with Gasteiger partial charge < -0.3 is 15.4 Å². The zero-order chi connectivity index (χ0) is 24.3. The number of hydrogen-bond donors (Lipinski definition) is 2. The summed E-state index contributed by atoms with van der Waals surface area (Å²) in [6.07, 6.45) is -2.30. The lowest BCUT2D eigenvalue weighted by Gasteiger charge is -2.12. The molecule has 2 heterocycles. The lowest BCUT2D eigenvalue weighted by Crippen LogP contribution is -2.27. The fraction of sp³-hybridized carbons (Fsp3) is 0.211. The van der Waals surface area contributed by atoms with Crippen LogP contribution < -0.4 is 15.4 Å². The number of carbonyl (C=O) groups excluding carboxylic acids is 2. The van der Waals surface area contributed by atoms with Crippen molar-refractivity contribution in [2.75, 3.05) is 12.4 Å². The number of rotatable bonds is 6. The van der Waals surface area contributed by atoms with Crippen molar-refractivity contribution in [3.8, 4) is 5.88 Å². The van der Waals surface area contributed by atoms with Gasteiger partial charge in [-0.1, -0.05) is 23.2 Å². The number of halogens is 5. The number of hydrogen-bond acceptors (Lipinski definition) is 7. The third kappa shape index (κ3) is 5.70. The Balaban J connectivity index is 1.70. The van der Waals surface area contributed by atoms with Gasteiger partial charge in [-0.15, -0.1) is 11.3 Å². The normalized spacial score (nSPS) is 12.2. The zero-order valence-corrected chi connectivity index (χ0v) is 19.2. The first-order chi connectivity index (χ1) is 15.5. The first kappa shape index (κ1) is 24.7. The van der Waals surface area contributed by atoms with Crippen LogP contribution in [0.2, 0.25) is 10.0 Å². The van der Waals surface area contributed by atoms with Crippen LogP contribution in [-0.4, -0.2) is 33.9 Å². The predicted octanol–water partition coefficient (Wildman–Crippen LogP) is 5.01. The van der Waals surface area contributed by atoms with E-state index in [1.165, 1.54) is 19.4 Å². The number of methoxy groups -OCH3 is 1. The summed E-state index contributed by atoms with van der Waals surface area (Å²) in [7, 11) is 1.34. The molecule has 3 aromatic rings. The lowest BCUT2D eigenvalue weighted by atomic mass is 10.2. The van der Waals surface area contributed by atoms with E-state index in [0.717, 1.165) is 29.8 Å². The number of ether oxygens (including phenoxy) is 1. The Morgan fingerprint density at radius 2 is 1.88 bits per heavy atom. The fourth-order valence-electron chi connectivity index (χ4n) is 2.59. The van der Waals surface area contributed by atoms with Crippen molar-refractivity contribution in [3.63, 3.8) is 0 Å². The second kappa shape index (κ2) is 9.89. The molecule has 8 nitrogen and oxygen atoms in total. The Bertz CT molecular complexity index is 1210. The molecule has 3 rings (SSSR count). The molecule has 0 radical (unpaired) electrons. The minimum Gasteiger partial charge on any atom is -0.480 e. The second-order valence-electron chi connectivity index (χ2n) is 6.45. The first-order valence-corrected chi connectivity index (χ1v) is 10.6. The molecular weight excluding hydrogens is 506 g/mol. The summed E-state index contributed by atoms with van der Waals surface area (Å²) in [5.74, 6) is -1.25. The molecule has 0 unspecified atom stereocenters. The first-order valence-electron chi connectivity index (χ1n) is 9.00. The molecule has 2 amide bonds. The molecule has 0 bridgehead atoms. The fourth-order valence-corrected chi connectivity index (χ4v) is 3.89. The van der Waals surface area contributed by atoms with Crippen LogP contribution in [0.5, 0.6) is 5.88 Å². The van der Waals surface area contributed by atoms with E-state index in [1.807, 2.05) is 0 Å². The van der Waals surface area contributed by atoms with Crippen LogP contribution in [-0.2, 0) is 6.18 Å². The maximum Gasteiger partial charge on any atom is 0.417 e. The average molecular weight is 520 g/mol. The highest BCUT2D eigenvalue weighted by Crippen LogP contribution is 2.36. The Morgan fingerprint density at radius 1 is 1.15 bits per heavy atom. The molecule has 0 saturated heterocycles. The van der Waals surface area contributed by atoms with Gasteiger partial charge in [0.25, 0.3) is 11.8 Å². The summed E-state index contributed by atoms with van der Waals surface area (Å²) < 4.78 is 44.0. The van der Waals surface area contributed by atoms with Crippen molar-refractivity contribution >= 4 is 52.0 Å². The highest BCUT2D eigenvalue weighted by Gasteiger charge is 2.33. The van der Waals surface area contributed by atoms with Crippen LogP contribution in [0.3, 0.4) is 0 Å². The summed E-state index contributed by atoms with van der Waals surface area (Å²) in [5.41, 5.74) is -1.25. The molecule has 1 atom stereocenters. The summed E-state index contributed by atoms with van der Waals surface area (Å²) in [5, 5.41) is 4.85. The Morgan fingerprint density at radius 3 is 2.55 bits per heavy atom. The molecule has 1 aromatic carbocycles. The van der Waals surface area contributed by atoms with Gasteiger partial charge in [-0.05, 0) is 25.1 Å². The lowest BCUT2D eigenvalue weighted by molar-refractivity contribution is -0.137. The molecule has 14 heteroatoms. The SMILES string of the molecule is COc1ncnc(C(=O)N[C@H](C)c2ncc(C(=O)Nc3ccc(Cl)c(C(F)(F)F)c3)s2)c1Cl. The number of nitrogens with zero attached hydrogens (tertiary/aromatic N) is 3. The van der Waals surface area contributed by atoms with Gasteiger partial charge in [-0.3, -0.25) is 9.59 Å². The molecule has 174 valence electrons. The van der Waals surface area contributed by atoms with E-state index >= 15 is 0 Å². The van der Waals surface area contributed by atoms with Crippen LogP contribution in [0.15, 0.2) is 30.7 Å². The third-order valence-electron chi connectivity index (χ3n) is 4.16. The van der Waals surface area contributed by atoms with Crippen molar-refractivity contribution in [1.29, 1.82) is 0 Å². The zero-order valence-electron chi connectivity index (χ0n) is 16.8. The van der Waals surface area contributed by atoms with Gasteiger partial charge in [-0.25, -0.2) is 15.0 Å². The van der Waals surface area contributed by atoms with Crippen molar-refractivity contribution in [2.24, 2.45) is 0 Å². The monoisotopic (exact) mass is 519 g/mol. The number of benzene rings is 1. The molecule has 0 fully saturated rings. The minimum atomic E-state index is -4.67. The third-order valence-corrected chi connectivity index (χ3v) is 6.01. The van der Waals surface area contributed by atoms with Crippen LogP contribution in [0.1, 0.15) is 43.7 Å².